The topological polar surface area (TPSA) is 32.7 Å². The summed E-state index contributed by atoms with van der Waals surface area (Å²) in [6, 6.07) is 6.31. The average molecular weight is 310 g/mol. The first-order chi connectivity index (χ1) is 10.2. The van der Waals surface area contributed by atoms with Crippen LogP contribution in [0.1, 0.15) is 37.7 Å². The molecule has 3 atom stereocenters. The number of nitrogens with zero attached hydrogens (tertiary/aromatic N) is 1. The minimum absolute atomic E-state index is 0.114. The van der Waals surface area contributed by atoms with Crippen molar-refractivity contribution in [3.63, 3.8) is 0 Å². The molecule has 1 aliphatic carbocycles. The van der Waals surface area contributed by atoms with Gasteiger partial charge >= 0.3 is 0 Å². The fourth-order valence-corrected chi connectivity index (χ4v) is 4.24. The second-order valence-corrected chi connectivity index (χ2v) is 6.73. The molecule has 1 saturated carbocycles. The largest absolute Gasteiger partial charge is 0.496 e. The summed E-state index contributed by atoms with van der Waals surface area (Å²) >= 11 is 6.13. The van der Waals surface area contributed by atoms with E-state index in [2.05, 4.69) is 4.90 Å². The molecule has 3 unspecified atom stereocenters. The number of hydrogen-bond acceptors (Lipinski definition) is 3. The minimum Gasteiger partial charge on any atom is -0.496 e. The molecule has 0 radical (unpaired) electrons. The molecular weight excluding hydrogens is 286 g/mol. The third-order valence-corrected chi connectivity index (χ3v) is 5.29. The molecule has 4 heteroatoms. The molecule has 2 aliphatic rings. The summed E-state index contributed by atoms with van der Waals surface area (Å²) in [5.74, 6) is 1.34. The van der Waals surface area contributed by atoms with Gasteiger partial charge in [0, 0.05) is 29.1 Å². The van der Waals surface area contributed by atoms with Gasteiger partial charge < -0.3 is 9.84 Å². The minimum atomic E-state index is -0.114. The fraction of sp³-hybridized carbons (Fsp3) is 0.647. The molecule has 1 heterocycles. The maximum Gasteiger partial charge on any atom is 0.123 e. The predicted octanol–water partition coefficient (Wildman–Crippen LogP) is 3.47. The van der Waals surface area contributed by atoms with Crippen molar-refractivity contribution in [3.8, 4) is 5.75 Å². The van der Waals surface area contributed by atoms with Gasteiger partial charge in [0.25, 0.3) is 0 Å². The quantitative estimate of drug-likeness (QED) is 0.924. The monoisotopic (exact) mass is 309 g/mol. The van der Waals surface area contributed by atoms with E-state index in [1.807, 2.05) is 18.2 Å². The van der Waals surface area contributed by atoms with Crippen LogP contribution >= 0.6 is 11.6 Å². The van der Waals surface area contributed by atoms with E-state index in [9.17, 15) is 5.11 Å². The van der Waals surface area contributed by atoms with Crippen LogP contribution in [0.3, 0.4) is 0 Å². The second kappa shape index (κ2) is 6.55. The zero-order valence-corrected chi connectivity index (χ0v) is 13.4. The number of rotatable bonds is 4. The molecule has 1 aliphatic heterocycles. The molecule has 1 aromatic carbocycles. The Morgan fingerprint density at radius 1 is 1.29 bits per heavy atom. The standard InChI is InChI=1S/C17H24ClNO2/c1-21-17-8-7-13(18)10-12(17)11-19-9-3-5-15(19)14-4-2-6-16(14)20/h7-8,10,14-16,20H,2-6,9,11H2,1H3. The van der Waals surface area contributed by atoms with Gasteiger partial charge in [-0.15, -0.1) is 0 Å². The smallest absolute Gasteiger partial charge is 0.123 e. The van der Waals surface area contributed by atoms with Gasteiger partial charge in [-0.2, -0.15) is 0 Å². The highest BCUT2D eigenvalue weighted by Gasteiger charge is 2.38. The van der Waals surface area contributed by atoms with Crippen molar-refractivity contribution < 1.29 is 9.84 Å². The molecule has 1 aromatic rings. The lowest BCUT2D eigenvalue weighted by molar-refractivity contribution is 0.0716. The van der Waals surface area contributed by atoms with Crippen LogP contribution in [0, 0.1) is 5.92 Å². The Morgan fingerprint density at radius 3 is 2.86 bits per heavy atom. The SMILES string of the molecule is COc1ccc(Cl)cc1CN1CCCC1C1CCCC1O. The van der Waals surface area contributed by atoms with Gasteiger partial charge in [-0.05, 0) is 50.4 Å². The van der Waals surface area contributed by atoms with E-state index in [4.69, 9.17) is 16.3 Å². The Morgan fingerprint density at radius 2 is 2.14 bits per heavy atom. The molecule has 1 N–H and O–H groups in total. The number of benzene rings is 1. The predicted molar refractivity (Wildman–Crippen MR) is 84.8 cm³/mol. The van der Waals surface area contributed by atoms with Gasteiger partial charge in [0.15, 0.2) is 0 Å². The van der Waals surface area contributed by atoms with Crippen LogP contribution < -0.4 is 4.74 Å². The van der Waals surface area contributed by atoms with Gasteiger partial charge in [0.05, 0.1) is 13.2 Å². The molecule has 116 valence electrons. The number of hydrogen-bond donors (Lipinski definition) is 1. The van der Waals surface area contributed by atoms with E-state index in [0.29, 0.717) is 12.0 Å². The number of likely N-dealkylation sites (tertiary alicyclic amines) is 1. The van der Waals surface area contributed by atoms with E-state index in [0.717, 1.165) is 48.7 Å². The lowest BCUT2D eigenvalue weighted by Crippen LogP contribution is -2.38. The molecule has 0 aromatic heterocycles. The zero-order chi connectivity index (χ0) is 14.8. The van der Waals surface area contributed by atoms with E-state index in [1.165, 1.54) is 12.8 Å². The Balaban J connectivity index is 1.75. The Kier molecular flexibility index (Phi) is 4.72. The summed E-state index contributed by atoms with van der Waals surface area (Å²) in [4.78, 5) is 2.51. The molecule has 2 fully saturated rings. The van der Waals surface area contributed by atoms with E-state index >= 15 is 0 Å². The summed E-state index contributed by atoms with van der Waals surface area (Å²) in [6.45, 7) is 1.96. The molecule has 3 nitrogen and oxygen atoms in total. The molecule has 0 amide bonds. The summed E-state index contributed by atoms with van der Waals surface area (Å²) in [7, 11) is 1.70. The summed E-state index contributed by atoms with van der Waals surface area (Å²) in [5.41, 5.74) is 1.14. The van der Waals surface area contributed by atoms with E-state index in [-0.39, 0.29) is 6.10 Å². The Bertz CT molecular complexity index is 494. The van der Waals surface area contributed by atoms with Gasteiger partial charge in [0.1, 0.15) is 5.75 Å². The maximum atomic E-state index is 10.2. The number of ether oxygens (including phenoxy) is 1. The van der Waals surface area contributed by atoms with Crippen LogP contribution in [0.25, 0.3) is 0 Å². The highest BCUT2D eigenvalue weighted by atomic mass is 35.5. The number of halogens is 1. The molecular formula is C17H24ClNO2. The van der Waals surface area contributed by atoms with E-state index < -0.39 is 0 Å². The average Bonchev–Trinajstić information content (AvgIpc) is 3.08. The highest BCUT2D eigenvalue weighted by molar-refractivity contribution is 6.30. The maximum absolute atomic E-state index is 10.2. The van der Waals surface area contributed by atoms with Crippen LogP contribution in [-0.4, -0.2) is 35.8 Å². The Labute approximate surface area is 131 Å². The van der Waals surface area contributed by atoms with Crippen molar-refractivity contribution in [2.75, 3.05) is 13.7 Å². The normalized spacial score (nSPS) is 30.0. The second-order valence-electron chi connectivity index (χ2n) is 6.30. The van der Waals surface area contributed by atoms with E-state index in [1.54, 1.807) is 7.11 Å². The number of aliphatic hydroxyl groups excluding tert-OH is 1. The van der Waals surface area contributed by atoms with Gasteiger partial charge in [0.2, 0.25) is 0 Å². The molecule has 21 heavy (non-hydrogen) atoms. The van der Waals surface area contributed by atoms with Gasteiger partial charge in [-0.25, -0.2) is 0 Å². The third-order valence-electron chi connectivity index (χ3n) is 5.06. The van der Waals surface area contributed by atoms with Crippen molar-refractivity contribution in [2.24, 2.45) is 5.92 Å². The molecule has 0 spiro atoms. The Hall–Kier alpha value is -0.770. The van der Waals surface area contributed by atoms with Crippen molar-refractivity contribution in [2.45, 2.75) is 50.8 Å². The fourth-order valence-electron chi connectivity index (χ4n) is 4.04. The van der Waals surface area contributed by atoms with Crippen LogP contribution in [0.5, 0.6) is 5.75 Å². The number of aliphatic hydroxyl groups is 1. The number of methoxy groups -OCH3 is 1. The molecule has 1 saturated heterocycles. The highest BCUT2D eigenvalue weighted by Crippen LogP contribution is 2.37. The first kappa shape index (κ1) is 15.1. The van der Waals surface area contributed by atoms with Crippen LogP contribution in [0.4, 0.5) is 0 Å². The first-order valence-electron chi connectivity index (χ1n) is 7.93. The summed E-state index contributed by atoms with van der Waals surface area (Å²) < 4.78 is 5.46. The third kappa shape index (κ3) is 3.20. The first-order valence-corrected chi connectivity index (χ1v) is 8.31. The van der Waals surface area contributed by atoms with Crippen molar-refractivity contribution >= 4 is 11.6 Å². The zero-order valence-electron chi connectivity index (χ0n) is 12.6. The molecule has 0 bridgehead atoms. The van der Waals surface area contributed by atoms with Crippen LogP contribution in [0.15, 0.2) is 18.2 Å². The van der Waals surface area contributed by atoms with Crippen LogP contribution in [-0.2, 0) is 6.54 Å². The summed E-state index contributed by atoms with van der Waals surface area (Å²) in [6.07, 6.45) is 5.60. The lowest BCUT2D eigenvalue weighted by atomic mass is 9.94. The lowest BCUT2D eigenvalue weighted by Gasteiger charge is -2.31. The van der Waals surface area contributed by atoms with Crippen LogP contribution in [0.2, 0.25) is 5.02 Å². The van der Waals surface area contributed by atoms with Crippen molar-refractivity contribution in [1.82, 2.24) is 4.90 Å². The van der Waals surface area contributed by atoms with Crippen molar-refractivity contribution in [3.05, 3.63) is 28.8 Å². The molecule has 3 rings (SSSR count). The van der Waals surface area contributed by atoms with Gasteiger partial charge in [-0.1, -0.05) is 18.0 Å². The van der Waals surface area contributed by atoms with Gasteiger partial charge in [-0.3, -0.25) is 4.90 Å². The van der Waals surface area contributed by atoms with Crippen molar-refractivity contribution in [1.29, 1.82) is 0 Å². The summed E-state index contributed by atoms with van der Waals surface area (Å²) in [5, 5.41) is 11.0.